The van der Waals surface area contributed by atoms with Crippen molar-refractivity contribution in [3.63, 3.8) is 0 Å². The van der Waals surface area contributed by atoms with Crippen LogP contribution < -0.4 is 10.6 Å². The average Bonchev–Trinajstić information content (AvgIpc) is 2.58. The summed E-state index contributed by atoms with van der Waals surface area (Å²) in [6.07, 6.45) is 1.05. The Balaban J connectivity index is 1.86. The van der Waals surface area contributed by atoms with Gasteiger partial charge in [0.05, 0.1) is 0 Å². The van der Waals surface area contributed by atoms with Crippen molar-refractivity contribution >= 4 is 6.03 Å². The number of aliphatic hydroxyl groups is 1. The van der Waals surface area contributed by atoms with Crippen LogP contribution in [0.25, 0.3) is 0 Å². The van der Waals surface area contributed by atoms with E-state index in [1.807, 2.05) is 13.8 Å². The predicted octanol–water partition coefficient (Wildman–Crippen LogP) is 2.14. The molecule has 0 radical (unpaired) electrons. The molecule has 24 heavy (non-hydrogen) atoms. The number of aliphatic hydroxyl groups excluding tert-OH is 1. The molecule has 0 bridgehead atoms. The number of carbonyl (C=O) groups is 1. The topological polar surface area (TPSA) is 64.6 Å². The Bertz CT molecular complexity index is 559. The second-order valence-corrected chi connectivity index (χ2v) is 7.53. The van der Waals surface area contributed by atoms with Gasteiger partial charge in [0, 0.05) is 37.8 Å². The summed E-state index contributed by atoms with van der Waals surface area (Å²) < 4.78 is 0. The highest BCUT2D eigenvalue weighted by molar-refractivity contribution is 5.74. The summed E-state index contributed by atoms with van der Waals surface area (Å²) in [5.74, 6) is 0.0438. The van der Waals surface area contributed by atoms with E-state index in [0.717, 1.165) is 19.5 Å². The first kappa shape index (κ1) is 18.7. The van der Waals surface area contributed by atoms with Gasteiger partial charge in [-0.25, -0.2) is 4.79 Å². The highest BCUT2D eigenvalue weighted by Gasteiger charge is 2.30. The minimum Gasteiger partial charge on any atom is -0.396 e. The van der Waals surface area contributed by atoms with Gasteiger partial charge >= 0.3 is 6.03 Å². The third kappa shape index (κ3) is 4.71. The Labute approximate surface area is 145 Å². The van der Waals surface area contributed by atoms with E-state index in [1.165, 1.54) is 11.1 Å². The maximum absolute atomic E-state index is 12.1. The predicted molar refractivity (Wildman–Crippen MR) is 96.9 cm³/mol. The van der Waals surface area contributed by atoms with E-state index >= 15 is 0 Å². The van der Waals surface area contributed by atoms with Gasteiger partial charge < -0.3 is 15.7 Å². The number of carbonyl (C=O) groups excluding carboxylic acids is 1. The monoisotopic (exact) mass is 333 g/mol. The molecule has 0 fully saturated rings. The van der Waals surface area contributed by atoms with Crippen LogP contribution in [0.3, 0.4) is 0 Å². The second kappa shape index (κ2) is 7.99. The zero-order valence-electron chi connectivity index (χ0n) is 15.3. The number of nitrogens with one attached hydrogen (secondary N) is 2. The van der Waals surface area contributed by atoms with Crippen molar-refractivity contribution in [1.82, 2.24) is 15.5 Å². The standard InChI is InChI=1S/C19H31N3O2/c1-14(12-23)15(2)21-18(24)20-13-19(3,4)22-10-9-16-7-5-6-8-17(16)11-22/h5-8,14-15,23H,9-13H2,1-4H3,(H2,20,21,24). The molecule has 0 aromatic heterocycles. The molecular formula is C19H31N3O2. The van der Waals surface area contributed by atoms with Crippen LogP contribution in [-0.2, 0) is 13.0 Å². The maximum atomic E-state index is 12.1. The molecule has 2 atom stereocenters. The van der Waals surface area contributed by atoms with Crippen LogP contribution in [0.2, 0.25) is 0 Å². The number of urea groups is 1. The molecule has 3 N–H and O–H groups in total. The van der Waals surface area contributed by atoms with E-state index in [0.29, 0.717) is 6.54 Å². The third-order valence-electron chi connectivity index (χ3n) is 5.17. The second-order valence-electron chi connectivity index (χ2n) is 7.53. The minimum absolute atomic E-state index is 0.0438. The molecule has 1 aliphatic heterocycles. The van der Waals surface area contributed by atoms with Crippen molar-refractivity contribution in [2.45, 2.75) is 52.2 Å². The number of hydrogen-bond donors (Lipinski definition) is 3. The summed E-state index contributed by atoms with van der Waals surface area (Å²) in [5.41, 5.74) is 2.70. The van der Waals surface area contributed by atoms with Gasteiger partial charge in [0.2, 0.25) is 0 Å². The van der Waals surface area contributed by atoms with Crippen LogP contribution in [0.5, 0.6) is 0 Å². The lowest BCUT2D eigenvalue weighted by atomic mass is 9.94. The number of rotatable bonds is 6. The van der Waals surface area contributed by atoms with Gasteiger partial charge in [-0.3, -0.25) is 4.90 Å². The first-order chi connectivity index (χ1) is 11.3. The van der Waals surface area contributed by atoms with Gasteiger partial charge in [-0.05, 0) is 44.2 Å². The summed E-state index contributed by atoms with van der Waals surface area (Å²) in [6, 6.07) is 8.35. The number of amides is 2. The molecule has 0 saturated heterocycles. The Hall–Kier alpha value is -1.59. The zero-order valence-corrected chi connectivity index (χ0v) is 15.3. The minimum atomic E-state index is -0.173. The fraction of sp³-hybridized carbons (Fsp3) is 0.632. The highest BCUT2D eigenvalue weighted by atomic mass is 16.3. The first-order valence-electron chi connectivity index (χ1n) is 8.80. The SMILES string of the molecule is CC(CO)C(C)NC(=O)NCC(C)(C)N1CCc2ccccc2C1. The van der Waals surface area contributed by atoms with Crippen LogP contribution >= 0.6 is 0 Å². The Morgan fingerprint density at radius 2 is 1.96 bits per heavy atom. The number of benzene rings is 1. The molecular weight excluding hydrogens is 302 g/mol. The molecule has 1 aromatic carbocycles. The van der Waals surface area contributed by atoms with Crippen molar-refractivity contribution in [3.8, 4) is 0 Å². The first-order valence-corrected chi connectivity index (χ1v) is 8.80. The molecule has 2 unspecified atom stereocenters. The van der Waals surface area contributed by atoms with Gasteiger partial charge in [0.1, 0.15) is 0 Å². The summed E-state index contributed by atoms with van der Waals surface area (Å²) in [5, 5.41) is 15.0. The molecule has 5 nitrogen and oxygen atoms in total. The Morgan fingerprint density at radius 1 is 1.29 bits per heavy atom. The molecule has 2 rings (SSSR count). The maximum Gasteiger partial charge on any atom is 0.315 e. The number of fused-ring (bicyclic) bond motifs is 1. The Kier molecular flexibility index (Phi) is 6.24. The van der Waals surface area contributed by atoms with Crippen LogP contribution in [-0.4, -0.2) is 47.3 Å². The van der Waals surface area contributed by atoms with Crippen LogP contribution in [0, 0.1) is 5.92 Å². The molecule has 1 heterocycles. The molecule has 0 aliphatic carbocycles. The van der Waals surface area contributed by atoms with E-state index in [9.17, 15) is 4.79 Å². The molecule has 1 aliphatic rings. The molecule has 5 heteroatoms. The third-order valence-corrected chi connectivity index (χ3v) is 5.17. The lowest BCUT2D eigenvalue weighted by molar-refractivity contribution is 0.104. The van der Waals surface area contributed by atoms with Gasteiger partial charge in [0.15, 0.2) is 0 Å². The van der Waals surface area contributed by atoms with Gasteiger partial charge in [-0.15, -0.1) is 0 Å². The largest absolute Gasteiger partial charge is 0.396 e. The molecule has 134 valence electrons. The quantitative estimate of drug-likeness (QED) is 0.747. The molecule has 1 aromatic rings. The average molecular weight is 333 g/mol. The fourth-order valence-electron chi connectivity index (χ4n) is 2.98. The van der Waals surface area contributed by atoms with Gasteiger partial charge in [-0.2, -0.15) is 0 Å². The van der Waals surface area contributed by atoms with E-state index in [2.05, 4.69) is 53.6 Å². The summed E-state index contributed by atoms with van der Waals surface area (Å²) >= 11 is 0. The Morgan fingerprint density at radius 3 is 2.62 bits per heavy atom. The fourth-order valence-corrected chi connectivity index (χ4v) is 2.98. The van der Waals surface area contributed by atoms with Gasteiger partial charge in [0.25, 0.3) is 0 Å². The zero-order chi connectivity index (χ0) is 17.7. The lowest BCUT2D eigenvalue weighted by Crippen LogP contribution is -2.55. The summed E-state index contributed by atoms with van der Waals surface area (Å²) in [6.45, 7) is 10.7. The van der Waals surface area contributed by atoms with Gasteiger partial charge in [-0.1, -0.05) is 31.2 Å². The number of hydrogen-bond acceptors (Lipinski definition) is 3. The molecule has 2 amide bonds. The van der Waals surface area contributed by atoms with Crippen LogP contribution in [0.15, 0.2) is 24.3 Å². The van der Waals surface area contributed by atoms with Crippen molar-refractivity contribution in [3.05, 3.63) is 35.4 Å². The van der Waals surface area contributed by atoms with Crippen molar-refractivity contribution in [1.29, 1.82) is 0 Å². The molecule has 0 saturated carbocycles. The van der Waals surface area contributed by atoms with Crippen LogP contribution in [0.4, 0.5) is 4.79 Å². The van der Waals surface area contributed by atoms with E-state index < -0.39 is 0 Å². The van der Waals surface area contributed by atoms with Crippen molar-refractivity contribution in [2.75, 3.05) is 19.7 Å². The van der Waals surface area contributed by atoms with E-state index in [1.54, 1.807) is 0 Å². The number of nitrogens with zero attached hydrogens (tertiary/aromatic N) is 1. The van der Waals surface area contributed by atoms with E-state index in [-0.39, 0.29) is 30.1 Å². The smallest absolute Gasteiger partial charge is 0.315 e. The van der Waals surface area contributed by atoms with Crippen molar-refractivity contribution in [2.24, 2.45) is 5.92 Å². The molecule has 0 spiro atoms. The normalized spacial score (nSPS) is 17.7. The van der Waals surface area contributed by atoms with Crippen LogP contribution in [0.1, 0.15) is 38.8 Å². The summed E-state index contributed by atoms with van der Waals surface area (Å²) in [7, 11) is 0. The van der Waals surface area contributed by atoms with Crippen molar-refractivity contribution < 1.29 is 9.90 Å². The highest BCUT2D eigenvalue weighted by Crippen LogP contribution is 2.24. The van der Waals surface area contributed by atoms with E-state index in [4.69, 9.17) is 5.11 Å². The lowest BCUT2D eigenvalue weighted by Gasteiger charge is -2.41. The summed E-state index contributed by atoms with van der Waals surface area (Å²) in [4.78, 5) is 14.5.